The SMILES string of the molecule is O=C(NCCN1CCN(c2ccccc2F)CC1)[C@@H]1CCCN(c2nc3ccc(Cl)cc3[nH]2)C1. The molecule has 2 aromatic carbocycles. The molecule has 0 bridgehead atoms. The third-order valence-corrected chi connectivity index (χ3v) is 7.05. The van der Waals surface area contributed by atoms with E-state index in [1.165, 1.54) is 6.07 Å². The van der Waals surface area contributed by atoms with Gasteiger partial charge in [0.1, 0.15) is 5.82 Å². The number of carbonyl (C=O) groups excluding carboxylic acids is 1. The number of aromatic amines is 1. The second-order valence-corrected chi connectivity index (χ2v) is 9.51. The summed E-state index contributed by atoms with van der Waals surface area (Å²) in [5, 5.41) is 3.80. The number of hydrogen-bond acceptors (Lipinski definition) is 5. The minimum atomic E-state index is -0.170. The number of piperidine rings is 1. The summed E-state index contributed by atoms with van der Waals surface area (Å²) in [7, 11) is 0. The van der Waals surface area contributed by atoms with E-state index in [1.54, 1.807) is 6.07 Å². The van der Waals surface area contributed by atoms with Crippen molar-refractivity contribution in [3.63, 3.8) is 0 Å². The summed E-state index contributed by atoms with van der Waals surface area (Å²) in [6, 6.07) is 12.5. The van der Waals surface area contributed by atoms with E-state index in [1.807, 2.05) is 30.3 Å². The fourth-order valence-corrected chi connectivity index (χ4v) is 5.08. The van der Waals surface area contributed by atoms with Crippen LogP contribution in [-0.2, 0) is 4.79 Å². The number of nitrogens with one attached hydrogen (secondary N) is 2. The zero-order valence-electron chi connectivity index (χ0n) is 19.1. The number of amides is 1. The maximum Gasteiger partial charge on any atom is 0.224 e. The van der Waals surface area contributed by atoms with Gasteiger partial charge in [0.2, 0.25) is 11.9 Å². The second kappa shape index (κ2) is 10.2. The van der Waals surface area contributed by atoms with Crippen molar-refractivity contribution in [1.29, 1.82) is 0 Å². The van der Waals surface area contributed by atoms with E-state index in [4.69, 9.17) is 11.6 Å². The molecule has 0 radical (unpaired) electrons. The third-order valence-electron chi connectivity index (χ3n) is 6.82. The van der Waals surface area contributed by atoms with Gasteiger partial charge in [0.25, 0.3) is 0 Å². The highest BCUT2D eigenvalue weighted by molar-refractivity contribution is 6.31. The van der Waals surface area contributed by atoms with Crippen LogP contribution in [0.25, 0.3) is 11.0 Å². The normalized spacial score (nSPS) is 19.5. The summed E-state index contributed by atoms with van der Waals surface area (Å²) in [6.07, 6.45) is 1.84. The predicted octanol–water partition coefficient (Wildman–Crippen LogP) is 3.51. The lowest BCUT2D eigenvalue weighted by molar-refractivity contribution is -0.125. The minimum Gasteiger partial charge on any atom is -0.367 e. The molecule has 0 spiro atoms. The molecule has 1 atom stereocenters. The molecular weight excluding hydrogens is 455 g/mol. The van der Waals surface area contributed by atoms with Gasteiger partial charge >= 0.3 is 0 Å². The number of nitrogens with zero attached hydrogens (tertiary/aromatic N) is 4. The third kappa shape index (κ3) is 5.13. The minimum absolute atomic E-state index is 0.0524. The van der Waals surface area contributed by atoms with Crippen molar-refractivity contribution >= 4 is 40.2 Å². The van der Waals surface area contributed by atoms with E-state index in [-0.39, 0.29) is 17.6 Å². The van der Waals surface area contributed by atoms with Crippen LogP contribution in [0.15, 0.2) is 42.5 Å². The molecule has 1 amide bonds. The van der Waals surface area contributed by atoms with Gasteiger partial charge in [-0.25, -0.2) is 9.37 Å². The molecule has 180 valence electrons. The Morgan fingerprint density at radius 1 is 1.12 bits per heavy atom. The molecule has 1 aromatic heterocycles. The molecule has 2 aliphatic heterocycles. The lowest BCUT2D eigenvalue weighted by Gasteiger charge is -2.36. The number of halogens is 2. The van der Waals surface area contributed by atoms with Gasteiger partial charge in [-0.1, -0.05) is 23.7 Å². The van der Waals surface area contributed by atoms with Crippen LogP contribution in [0.2, 0.25) is 5.02 Å². The Bertz CT molecular complexity index is 1150. The number of hydrogen-bond donors (Lipinski definition) is 2. The van der Waals surface area contributed by atoms with Crippen LogP contribution in [0, 0.1) is 11.7 Å². The van der Waals surface area contributed by atoms with Gasteiger partial charge in [-0.2, -0.15) is 0 Å². The molecule has 5 rings (SSSR count). The van der Waals surface area contributed by atoms with Crippen LogP contribution in [0.1, 0.15) is 12.8 Å². The summed E-state index contributed by atoms with van der Waals surface area (Å²) in [6.45, 7) is 6.25. The summed E-state index contributed by atoms with van der Waals surface area (Å²) < 4.78 is 14.0. The molecule has 0 aliphatic carbocycles. The molecule has 3 aromatic rings. The summed E-state index contributed by atoms with van der Waals surface area (Å²) >= 11 is 6.09. The summed E-state index contributed by atoms with van der Waals surface area (Å²) in [5.74, 6) is 0.677. The monoisotopic (exact) mass is 484 g/mol. The number of benzene rings is 2. The summed E-state index contributed by atoms with van der Waals surface area (Å²) in [5.41, 5.74) is 2.45. The Kier molecular flexibility index (Phi) is 6.87. The van der Waals surface area contributed by atoms with E-state index in [9.17, 15) is 9.18 Å². The number of rotatable bonds is 6. The van der Waals surface area contributed by atoms with E-state index in [0.717, 1.165) is 69.1 Å². The lowest BCUT2D eigenvalue weighted by atomic mass is 9.97. The molecule has 9 heteroatoms. The zero-order chi connectivity index (χ0) is 23.5. The highest BCUT2D eigenvalue weighted by atomic mass is 35.5. The van der Waals surface area contributed by atoms with Crippen LogP contribution >= 0.6 is 11.6 Å². The zero-order valence-corrected chi connectivity index (χ0v) is 19.9. The number of carbonyl (C=O) groups is 1. The average molecular weight is 485 g/mol. The van der Waals surface area contributed by atoms with Gasteiger partial charge in [-0.15, -0.1) is 0 Å². The Morgan fingerprint density at radius 3 is 2.76 bits per heavy atom. The molecule has 0 saturated carbocycles. The van der Waals surface area contributed by atoms with E-state index in [2.05, 4.69) is 30.0 Å². The fourth-order valence-electron chi connectivity index (χ4n) is 4.90. The Hall–Kier alpha value is -2.84. The largest absolute Gasteiger partial charge is 0.367 e. The smallest absolute Gasteiger partial charge is 0.224 e. The van der Waals surface area contributed by atoms with E-state index < -0.39 is 0 Å². The number of aromatic nitrogens is 2. The molecule has 3 heterocycles. The average Bonchev–Trinajstić information content (AvgIpc) is 3.28. The topological polar surface area (TPSA) is 67.5 Å². The quantitative estimate of drug-likeness (QED) is 0.560. The first-order valence-corrected chi connectivity index (χ1v) is 12.3. The number of fused-ring (bicyclic) bond motifs is 1. The molecule has 2 aliphatic rings. The van der Waals surface area contributed by atoms with Crippen molar-refractivity contribution in [3.8, 4) is 0 Å². The van der Waals surface area contributed by atoms with E-state index in [0.29, 0.717) is 23.8 Å². The van der Waals surface area contributed by atoms with Crippen molar-refractivity contribution in [3.05, 3.63) is 53.3 Å². The molecule has 0 unspecified atom stereocenters. The van der Waals surface area contributed by atoms with Crippen LogP contribution in [-0.4, -0.2) is 73.1 Å². The molecule has 2 fully saturated rings. The molecule has 2 N–H and O–H groups in total. The fraction of sp³-hybridized carbons (Fsp3) is 0.440. The standard InChI is InChI=1S/C25H30ClFN6O/c26-19-7-8-21-22(16-19)30-25(29-21)33-10-3-4-18(17-33)24(34)28-9-11-31-12-14-32(15-13-31)23-6-2-1-5-20(23)27/h1-2,5-8,16,18H,3-4,9-15,17H2,(H,28,34)(H,29,30)/t18-/m1/s1. The number of piperazine rings is 1. The van der Waals surface area contributed by atoms with Crippen LogP contribution in [0.3, 0.4) is 0 Å². The Balaban J connectivity index is 1.08. The van der Waals surface area contributed by atoms with Crippen molar-refractivity contribution in [2.24, 2.45) is 5.92 Å². The van der Waals surface area contributed by atoms with Crippen molar-refractivity contribution in [2.45, 2.75) is 12.8 Å². The van der Waals surface area contributed by atoms with Gasteiger partial charge in [0, 0.05) is 57.4 Å². The predicted molar refractivity (Wildman–Crippen MR) is 134 cm³/mol. The highest BCUT2D eigenvalue weighted by Crippen LogP contribution is 2.25. The van der Waals surface area contributed by atoms with Gasteiger partial charge in [0.05, 0.1) is 22.6 Å². The first kappa shape index (κ1) is 22.9. The molecule has 2 saturated heterocycles. The second-order valence-electron chi connectivity index (χ2n) is 9.08. The summed E-state index contributed by atoms with van der Waals surface area (Å²) in [4.78, 5) is 27.4. The number of para-hydroxylation sites is 1. The first-order valence-electron chi connectivity index (χ1n) is 12.0. The van der Waals surface area contributed by atoms with Gasteiger partial charge < -0.3 is 20.1 Å². The van der Waals surface area contributed by atoms with Crippen LogP contribution in [0.5, 0.6) is 0 Å². The van der Waals surface area contributed by atoms with Crippen LogP contribution in [0.4, 0.5) is 16.0 Å². The maximum atomic E-state index is 14.0. The van der Waals surface area contributed by atoms with Gasteiger partial charge in [0.15, 0.2) is 0 Å². The molecule has 34 heavy (non-hydrogen) atoms. The number of H-pyrrole nitrogens is 1. The first-order chi connectivity index (χ1) is 16.6. The number of anilines is 2. The lowest BCUT2D eigenvalue weighted by Crippen LogP contribution is -2.49. The Labute approximate surface area is 203 Å². The van der Waals surface area contributed by atoms with Crippen molar-refractivity contribution in [2.75, 3.05) is 62.2 Å². The van der Waals surface area contributed by atoms with Crippen LogP contribution < -0.4 is 15.1 Å². The Morgan fingerprint density at radius 2 is 1.94 bits per heavy atom. The van der Waals surface area contributed by atoms with Gasteiger partial charge in [-0.05, 0) is 43.2 Å². The maximum absolute atomic E-state index is 14.0. The molecule has 7 nitrogen and oxygen atoms in total. The van der Waals surface area contributed by atoms with Crippen molar-refractivity contribution < 1.29 is 9.18 Å². The highest BCUT2D eigenvalue weighted by Gasteiger charge is 2.27. The van der Waals surface area contributed by atoms with Crippen molar-refractivity contribution in [1.82, 2.24) is 20.2 Å². The van der Waals surface area contributed by atoms with Gasteiger partial charge in [-0.3, -0.25) is 9.69 Å². The van der Waals surface area contributed by atoms with E-state index >= 15 is 0 Å². The molecular formula is C25H30ClFN6O. The number of imidazole rings is 1.